The second-order valence-electron chi connectivity index (χ2n) is 5.02. The molecule has 0 atom stereocenters. The van der Waals surface area contributed by atoms with E-state index in [4.69, 9.17) is 12.2 Å². The zero-order chi connectivity index (χ0) is 15.0. The number of aromatic nitrogens is 2. The Labute approximate surface area is 135 Å². The van der Waals surface area contributed by atoms with Gasteiger partial charge < -0.3 is 15.5 Å². The van der Waals surface area contributed by atoms with E-state index in [0.717, 1.165) is 54.3 Å². The molecule has 1 heterocycles. The molecule has 0 amide bonds. The molecule has 0 aliphatic heterocycles. The van der Waals surface area contributed by atoms with Crippen molar-refractivity contribution in [3.63, 3.8) is 0 Å². The zero-order valence-electron chi connectivity index (χ0n) is 12.4. The molecule has 2 N–H and O–H groups in total. The molecule has 1 rings (SSSR count). The zero-order valence-corrected chi connectivity index (χ0v) is 14.9. The highest BCUT2D eigenvalue weighted by atomic mass is 79.9. The lowest BCUT2D eigenvalue weighted by Gasteiger charge is -2.12. The van der Waals surface area contributed by atoms with Gasteiger partial charge in [-0.25, -0.2) is 0 Å². The molecule has 20 heavy (non-hydrogen) atoms. The van der Waals surface area contributed by atoms with Gasteiger partial charge in [0.05, 0.1) is 10.2 Å². The average molecular weight is 362 g/mol. The van der Waals surface area contributed by atoms with Crippen LogP contribution in [0.2, 0.25) is 0 Å². The largest absolute Gasteiger partial charge is 0.363 e. The third kappa shape index (κ3) is 7.21. The Morgan fingerprint density at radius 3 is 2.55 bits per heavy atom. The van der Waals surface area contributed by atoms with Gasteiger partial charge in [-0.05, 0) is 68.6 Å². The highest BCUT2D eigenvalue weighted by Crippen LogP contribution is 2.13. The third-order valence-corrected chi connectivity index (χ3v) is 3.87. The fraction of sp³-hybridized carbons (Fsp3) is 0.692. The van der Waals surface area contributed by atoms with Crippen LogP contribution < -0.4 is 10.6 Å². The van der Waals surface area contributed by atoms with Crippen LogP contribution in [0.5, 0.6) is 0 Å². The first-order valence-corrected chi connectivity index (χ1v) is 8.05. The quantitative estimate of drug-likeness (QED) is 0.545. The summed E-state index contributed by atoms with van der Waals surface area (Å²) in [5.41, 5.74) is 1.02. The molecule has 1 aromatic heterocycles. The lowest BCUT2D eigenvalue weighted by atomic mass is 10.4. The lowest BCUT2D eigenvalue weighted by Crippen LogP contribution is -2.37. The predicted molar refractivity (Wildman–Crippen MR) is 91.1 cm³/mol. The van der Waals surface area contributed by atoms with Crippen LogP contribution in [0.1, 0.15) is 18.5 Å². The Bertz CT molecular complexity index is 399. The number of halogens is 1. The van der Waals surface area contributed by atoms with Gasteiger partial charge in [0.1, 0.15) is 0 Å². The standard InChI is InChI=1S/C13H24BrN5S/c1-11-12(14)10-19(17-11)9-5-7-16-13(20)15-6-4-8-18(2)3/h10H,4-9H2,1-3H3,(H2,15,16,20). The van der Waals surface area contributed by atoms with E-state index in [1.807, 2.05) is 17.8 Å². The van der Waals surface area contributed by atoms with E-state index in [1.54, 1.807) is 0 Å². The fourth-order valence-electron chi connectivity index (χ4n) is 1.71. The summed E-state index contributed by atoms with van der Waals surface area (Å²) in [4.78, 5) is 2.17. The van der Waals surface area contributed by atoms with Crippen molar-refractivity contribution in [1.82, 2.24) is 25.3 Å². The SMILES string of the molecule is Cc1nn(CCCNC(=S)NCCCN(C)C)cc1Br. The molecule has 0 radical (unpaired) electrons. The van der Waals surface area contributed by atoms with Crippen LogP contribution >= 0.6 is 28.1 Å². The molecular formula is C13H24BrN5S. The number of aryl methyl sites for hydroxylation is 2. The van der Waals surface area contributed by atoms with E-state index in [2.05, 4.69) is 50.7 Å². The second-order valence-corrected chi connectivity index (χ2v) is 6.28. The van der Waals surface area contributed by atoms with Gasteiger partial charge in [-0.1, -0.05) is 0 Å². The van der Waals surface area contributed by atoms with E-state index in [9.17, 15) is 0 Å². The Hall–Kier alpha value is -0.660. The van der Waals surface area contributed by atoms with Gasteiger partial charge in [0.15, 0.2) is 5.11 Å². The van der Waals surface area contributed by atoms with E-state index in [1.165, 1.54) is 0 Å². The maximum Gasteiger partial charge on any atom is 0.166 e. The molecule has 5 nitrogen and oxygen atoms in total. The van der Waals surface area contributed by atoms with E-state index < -0.39 is 0 Å². The van der Waals surface area contributed by atoms with Gasteiger partial charge in [0.2, 0.25) is 0 Å². The van der Waals surface area contributed by atoms with Crippen molar-refractivity contribution in [2.45, 2.75) is 26.3 Å². The number of hydrogen-bond acceptors (Lipinski definition) is 3. The summed E-state index contributed by atoms with van der Waals surface area (Å²) in [6.07, 6.45) is 4.09. The first-order chi connectivity index (χ1) is 9.49. The highest BCUT2D eigenvalue weighted by Gasteiger charge is 2.01. The van der Waals surface area contributed by atoms with Crippen molar-refractivity contribution in [3.05, 3.63) is 16.4 Å². The molecule has 114 valence electrons. The predicted octanol–water partition coefficient (Wildman–Crippen LogP) is 1.76. The average Bonchev–Trinajstić information content (AvgIpc) is 2.70. The van der Waals surface area contributed by atoms with Gasteiger partial charge >= 0.3 is 0 Å². The van der Waals surface area contributed by atoms with Crippen molar-refractivity contribution >= 4 is 33.3 Å². The van der Waals surface area contributed by atoms with Crippen LogP contribution in [0.3, 0.4) is 0 Å². The summed E-state index contributed by atoms with van der Waals surface area (Å²) in [5, 5.41) is 11.6. The normalized spacial score (nSPS) is 10.8. The number of hydrogen-bond donors (Lipinski definition) is 2. The monoisotopic (exact) mass is 361 g/mol. The minimum atomic E-state index is 0.738. The Morgan fingerprint density at radius 1 is 1.35 bits per heavy atom. The number of nitrogens with zero attached hydrogens (tertiary/aromatic N) is 3. The Balaban J connectivity index is 2.04. The maximum absolute atomic E-state index is 5.22. The summed E-state index contributed by atoms with van der Waals surface area (Å²) in [6, 6.07) is 0. The summed E-state index contributed by atoms with van der Waals surface area (Å²) < 4.78 is 3.01. The molecule has 1 aromatic rings. The summed E-state index contributed by atoms with van der Waals surface area (Å²) in [5.74, 6) is 0. The third-order valence-electron chi connectivity index (χ3n) is 2.80. The minimum Gasteiger partial charge on any atom is -0.363 e. The highest BCUT2D eigenvalue weighted by molar-refractivity contribution is 9.10. The number of thiocarbonyl (C=S) groups is 1. The van der Waals surface area contributed by atoms with E-state index in [0.29, 0.717) is 0 Å². The molecule has 0 aliphatic rings. The van der Waals surface area contributed by atoms with Gasteiger partial charge in [-0.3, -0.25) is 4.68 Å². The first kappa shape index (κ1) is 17.4. The summed E-state index contributed by atoms with van der Waals surface area (Å²) in [7, 11) is 4.15. The van der Waals surface area contributed by atoms with Gasteiger partial charge in [-0.2, -0.15) is 5.10 Å². The molecular weight excluding hydrogens is 338 g/mol. The maximum atomic E-state index is 5.22. The molecule has 0 saturated heterocycles. The van der Waals surface area contributed by atoms with Gasteiger partial charge in [0.25, 0.3) is 0 Å². The molecule has 0 fully saturated rings. The van der Waals surface area contributed by atoms with E-state index >= 15 is 0 Å². The summed E-state index contributed by atoms with van der Waals surface area (Å²) in [6.45, 7) is 5.72. The molecule has 0 aromatic carbocycles. The van der Waals surface area contributed by atoms with Gasteiger partial charge in [-0.15, -0.1) is 0 Å². The number of rotatable bonds is 8. The topological polar surface area (TPSA) is 45.1 Å². The van der Waals surface area contributed by atoms with Crippen LogP contribution in [0, 0.1) is 6.92 Å². The second kappa shape index (κ2) is 9.31. The van der Waals surface area contributed by atoms with Crippen LogP contribution in [-0.4, -0.2) is 53.5 Å². The van der Waals surface area contributed by atoms with Crippen LogP contribution in [-0.2, 0) is 6.54 Å². The van der Waals surface area contributed by atoms with Crippen LogP contribution in [0.15, 0.2) is 10.7 Å². The van der Waals surface area contributed by atoms with Crippen molar-refractivity contribution in [2.24, 2.45) is 0 Å². The molecule has 7 heteroatoms. The van der Waals surface area contributed by atoms with E-state index in [-0.39, 0.29) is 0 Å². The molecule has 0 saturated carbocycles. The minimum absolute atomic E-state index is 0.738. The van der Waals surface area contributed by atoms with Crippen molar-refractivity contribution in [1.29, 1.82) is 0 Å². The Kier molecular flexibility index (Phi) is 8.09. The molecule has 0 unspecified atom stereocenters. The van der Waals surface area contributed by atoms with Crippen molar-refractivity contribution < 1.29 is 0 Å². The molecule has 0 bridgehead atoms. The lowest BCUT2D eigenvalue weighted by molar-refractivity contribution is 0.400. The Morgan fingerprint density at radius 2 is 2.00 bits per heavy atom. The van der Waals surface area contributed by atoms with Crippen molar-refractivity contribution in [3.8, 4) is 0 Å². The molecule has 0 spiro atoms. The van der Waals surface area contributed by atoms with Gasteiger partial charge in [0, 0.05) is 25.8 Å². The van der Waals surface area contributed by atoms with Crippen molar-refractivity contribution in [2.75, 3.05) is 33.7 Å². The number of nitrogens with one attached hydrogen (secondary N) is 2. The first-order valence-electron chi connectivity index (χ1n) is 6.85. The summed E-state index contributed by atoms with van der Waals surface area (Å²) >= 11 is 8.68. The fourth-order valence-corrected chi connectivity index (χ4v) is 2.23. The molecule has 0 aliphatic carbocycles. The smallest absolute Gasteiger partial charge is 0.166 e. The van der Waals surface area contributed by atoms with Crippen LogP contribution in [0.4, 0.5) is 0 Å². The van der Waals surface area contributed by atoms with Crippen LogP contribution in [0.25, 0.3) is 0 Å².